The highest BCUT2D eigenvalue weighted by atomic mass is 16.5. The van der Waals surface area contributed by atoms with Gasteiger partial charge >= 0.3 is 0 Å². The molecule has 28 heavy (non-hydrogen) atoms. The monoisotopic (exact) mass is 374 g/mol. The van der Waals surface area contributed by atoms with Crippen molar-refractivity contribution in [2.24, 2.45) is 0 Å². The lowest BCUT2D eigenvalue weighted by atomic mass is 9.99. The van der Waals surface area contributed by atoms with Gasteiger partial charge in [-0.15, -0.1) is 5.10 Å². The maximum atomic E-state index is 6.26. The van der Waals surface area contributed by atoms with Crippen molar-refractivity contribution in [2.45, 2.75) is 27.2 Å². The molecule has 0 saturated carbocycles. The van der Waals surface area contributed by atoms with Crippen LogP contribution >= 0.6 is 0 Å². The van der Waals surface area contributed by atoms with Gasteiger partial charge in [0, 0.05) is 23.4 Å². The Morgan fingerprint density at radius 1 is 1.04 bits per heavy atom. The highest BCUT2D eigenvalue weighted by molar-refractivity contribution is 5.92. The first-order valence-electron chi connectivity index (χ1n) is 9.16. The Balaban J connectivity index is 2.15. The molecule has 0 unspecified atom stereocenters. The first kappa shape index (κ1) is 17.9. The van der Waals surface area contributed by atoms with Crippen LogP contribution in [0.2, 0.25) is 0 Å². The molecule has 0 bridgehead atoms. The Morgan fingerprint density at radius 2 is 1.75 bits per heavy atom. The van der Waals surface area contributed by atoms with E-state index in [-0.39, 0.29) is 5.95 Å². The van der Waals surface area contributed by atoms with Gasteiger partial charge in [0.2, 0.25) is 5.95 Å². The molecule has 1 aromatic carbocycles. The van der Waals surface area contributed by atoms with Gasteiger partial charge in [-0.1, -0.05) is 19.1 Å². The molecule has 4 rings (SSSR count). The van der Waals surface area contributed by atoms with Crippen molar-refractivity contribution in [2.75, 3.05) is 12.8 Å². The molecule has 0 aliphatic rings. The van der Waals surface area contributed by atoms with Gasteiger partial charge in [0.25, 0.3) is 0 Å². The molecule has 0 fully saturated rings. The number of aromatic nitrogens is 5. The number of aryl methyl sites for hydroxylation is 3. The average Bonchev–Trinajstić information content (AvgIpc) is 3.12. The van der Waals surface area contributed by atoms with E-state index in [1.807, 2.05) is 57.2 Å². The summed E-state index contributed by atoms with van der Waals surface area (Å²) >= 11 is 0. The molecule has 0 aliphatic carbocycles. The van der Waals surface area contributed by atoms with Crippen LogP contribution in [-0.4, -0.2) is 31.7 Å². The van der Waals surface area contributed by atoms with E-state index in [0.29, 0.717) is 17.8 Å². The molecule has 0 aliphatic heterocycles. The fraction of sp³-hybridized carbons (Fsp3) is 0.238. The first-order chi connectivity index (χ1) is 13.5. The summed E-state index contributed by atoms with van der Waals surface area (Å²) in [4.78, 5) is 13.9. The van der Waals surface area contributed by atoms with Gasteiger partial charge in [0.1, 0.15) is 5.75 Å². The number of anilines is 1. The zero-order valence-corrected chi connectivity index (χ0v) is 16.4. The third kappa shape index (κ3) is 2.94. The number of methoxy groups -OCH3 is 1. The normalized spacial score (nSPS) is 11.1. The van der Waals surface area contributed by atoms with Crippen LogP contribution in [0, 0.1) is 13.8 Å². The maximum Gasteiger partial charge on any atom is 0.223 e. The summed E-state index contributed by atoms with van der Waals surface area (Å²) in [6.45, 7) is 5.96. The highest BCUT2D eigenvalue weighted by Gasteiger charge is 2.22. The molecule has 0 amide bonds. The summed E-state index contributed by atoms with van der Waals surface area (Å²) < 4.78 is 7.19. The number of nitrogen functional groups attached to an aromatic ring is 1. The second kappa shape index (κ2) is 6.92. The number of nitrogens with zero attached hydrogens (tertiary/aromatic N) is 5. The van der Waals surface area contributed by atoms with E-state index in [9.17, 15) is 0 Å². The third-order valence-corrected chi connectivity index (χ3v) is 4.60. The van der Waals surface area contributed by atoms with Crippen molar-refractivity contribution in [1.29, 1.82) is 0 Å². The van der Waals surface area contributed by atoms with Crippen LogP contribution < -0.4 is 10.5 Å². The summed E-state index contributed by atoms with van der Waals surface area (Å²) in [7, 11) is 1.65. The molecule has 4 aromatic rings. The fourth-order valence-electron chi connectivity index (χ4n) is 3.43. The fourth-order valence-corrected chi connectivity index (χ4v) is 3.43. The predicted octanol–water partition coefficient (Wildman–Crippen LogP) is 3.62. The molecular weight excluding hydrogens is 352 g/mol. The molecule has 7 nitrogen and oxygen atoms in total. The molecule has 0 radical (unpaired) electrons. The summed E-state index contributed by atoms with van der Waals surface area (Å²) in [5, 5.41) is 4.51. The van der Waals surface area contributed by atoms with Crippen molar-refractivity contribution in [3.63, 3.8) is 0 Å². The first-order valence-corrected chi connectivity index (χ1v) is 9.16. The Hall–Kier alpha value is -3.48. The van der Waals surface area contributed by atoms with Gasteiger partial charge in [-0.05, 0) is 43.7 Å². The van der Waals surface area contributed by atoms with Crippen LogP contribution in [0.5, 0.6) is 5.75 Å². The minimum atomic E-state index is 0.286. The van der Waals surface area contributed by atoms with E-state index >= 15 is 0 Å². The van der Waals surface area contributed by atoms with E-state index in [4.69, 9.17) is 20.4 Å². The summed E-state index contributed by atoms with van der Waals surface area (Å²) in [5.41, 5.74) is 12.2. The van der Waals surface area contributed by atoms with Crippen molar-refractivity contribution in [3.8, 4) is 28.1 Å². The molecule has 0 spiro atoms. The van der Waals surface area contributed by atoms with Gasteiger partial charge in [-0.25, -0.2) is 9.97 Å². The Bertz CT molecular complexity index is 1160. The summed E-state index contributed by atoms with van der Waals surface area (Å²) in [5.74, 6) is 1.72. The van der Waals surface area contributed by atoms with E-state index in [1.165, 1.54) is 0 Å². The number of hydrogen-bond acceptors (Lipinski definition) is 6. The van der Waals surface area contributed by atoms with Gasteiger partial charge in [0.15, 0.2) is 11.5 Å². The predicted molar refractivity (Wildman–Crippen MR) is 109 cm³/mol. The average molecular weight is 374 g/mol. The number of fused-ring (bicyclic) bond motifs is 1. The zero-order valence-electron chi connectivity index (χ0n) is 16.4. The van der Waals surface area contributed by atoms with Crippen LogP contribution in [0.3, 0.4) is 0 Å². The maximum absolute atomic E-state index is 6.26. The van der Waals surface area contributed by atoms with Gasteiger partial charge in [-0.3, -0.25) is 4.98 Å². The molecule has 142 valence electrons. The SMILES string of the molecule is CCc1nc2c(-c3cc(C)nc(C)c3)c(-c3ccccc3OC)nc(N)n2n1. The minimum Gasteiger partial charge on any atom is -0.496 e. The standard InChI is InChI=1S/C21H22N6O/c1-5-17-24-20-18(14-10-12(2)23-13(3)11-14)19(25-21(22)27(20)26-17)15-8-6-7-9-16(15)28-4/h6-11H,5H2,1-4H3,(H2,22,25). The van der Waals surface area contributed by atoms with Gasteiger partial charge < -0.3 is 10.5 Å². The summed E-state index contributed by atoms with van der Waals surface area (Å²) in [6.07, 6.45) is 0.707. The molecule has 0 saturated heterocycles. The van der Waals surface area contributed by atoms with Crippen molar-refractivity contribution in [1.82, 2.24) is 24.6 Å². The van der Waals surface area contributed by atoms with E-state index in [1.54, 1.807) is 11.6 Å². The number of hydrogen-bond donors (Lipinski definition) is 1. The number of pyridine rings is 1. The quantitative estimate of drug-likeness (QED) is 0.587. The lowest BCUT2D eigenvalue weighted by Gasteiger charge is -2.15. The number of rotatable bonds is 4. The van der Waals surface area contributed by atoms with Crippen LogP contribution in [0.15, 0.2) is 36.4 Å². The Morgan fingerprint density at radius 3 is 2.43 bits per heavy atom. The Kier molecular flexibility index (Phi) is 4.43. The number of benzene rings is 1. The largest absolute Gasteiger partial charge is 0.496 e. The molecule has 7 heteroatoms. The minimum absolute atomic E-state index is 0.286. The highest BCUT2D eigenvalue weighted by Crippen LogP contribution is 2.39. The molecule has 3 heterocycles. The third-order valence-electron chi connectivity index (χ3n) is 4.60. The van der Waals surface area contributed by atoms with E-state index < -0.39 is 0 Å². The van der Waals surface area contributed by atoms with Crippen LogP contribution in [0.4, 0.5) is 5.95 Å². The zero-order chi connectivity index (χ0) is 19.8. The topological polar surface area (TPSA) is 91.2 Å². The molecule has 2 N–H and O–H groups in total. The Labute approximate surface area is 163 Å². The number of ether oxygens (including phenoxy) is 1. The van der Waals surface area contributed by atoms with Crippen LogP contribution in [-0.2, 0) is 6.42 Å². The lowest BCUT2D eigenvalue weighted by molar-refractivity contribution is 0.416. The summed E-state index contributed by atoms with van der Waals surface area (Å²) in [6, 6.07) is 11.8. The second-order valence-electron chi connectivity index (χ2n) is 6.65. The smallest absolute Gasteiger partial charge is 0.223 e. The van der Waals surface area contributed by atoms with E-state index in [2.05, 4.69) is 10.1 Å². The van der Waals surface area contributed by atoms with Gasteiger partial charge in [-0.2, -0.15) is 4.52 Å². The van der Waals surface area contributed by atoms with Crippen LogP contribution in [0.1, 0.15) is 24.1 Å². The molecule has 0 atom stereocenters. The van der Waals surface area contributed by atoms with Crippen molar-refractivity contribution >= 4 is 11.6 Å². The second-order valence-corrected chi connectivity index (χ2v) is 6.65. The van der Waals surface area contributed by atoms with Crippen molar-refractivity contribution in [3.05, 3.63) is 53.6 Å². The lowest BCUT2D eigenvalue weighted by Crippen LogP contribution is -2.06. The molecular formula is C21H22N6O. The van der Waals surface area contributed by atoms with Gasteiger partial charge in [0.05, 0.1) is 18.4 Å². The number of para-hydroxylation sites is 1. The molecule has 3 aromatic heterocycles. The van der Waals surface area contributed by atoms with Crippen molar-refractivity contribution < 1.29 is 4.74 Å². The number of nitrogens with two attached hydrogens (primary N) is 1. The van der Waals surface area contributed by atoms with Crippen LogP contribution in [0.25, 0.3) is 28.0 Å². The van der Waals surface area contributed by atoms with E-state index in [0.717, 1.165) is 39.7 Å².